The van der Waals surface area contributed by atoms with E-state index >= 15 is 0 Å². The van der Waals surface area contributed by atoms with Gasteiger partial charge in [0.25, 0.3) is 0 Å². The molecule has 0 saturated heterocycles. The largest absolute Gasteiger partial charge is 0.386 e. The molecule has 0 bridgehead atoms. The standard InChI is InChI=1S/C11H7ClFN3/c1-15-10-6(4-14)5-16-11-7(12)2-3-8(13)9(10)11/h2-3,5H,1H3,(H,15,16). The van der Waals surface area contributed by atoms with Gasteiger partial charge in [-0.3, -0.25) is 4.98 Å². The molecule has 0 aliphatic rings. The first kappa shape index (κ1) is 10.7. The number of pyridine rings is 1. The summed E-state index contributed by atoms with van der Waals surface area (Å²) in [6.45, 7) is 0. The molecule has 0 amide bonds. The van der Waals surface area contributed by atoms with Gasteiger partial charge < -0.3 is 5.32 Å². The number of fused-ring (bicyclic) bond motifs is 1. The summed E-state index contributed by atoms with van der Waals surface area (Å²) in [4.78, 5) is 3.99. The van der Waals surface area contributed by atoms with Gasteiger partial charge >= 0.3 is 0 Å². The fraction of sp³-hybridized carbons (Fsp3) is 0.0909. The Morgan fingerprint density at radius 2 is 2.25 bits per heavy atom. The van der Waals surface area contributed by atoms with Gasteiger partial charge in [0, 0.05) is 13.2 Å². The lowest BCUT2D eigenvalue weighted by Crippen LogP contribution is -1.97. The Labute approximate surface area is 96.5 Å². The second-order valence-corrected chi connectivity index (χ2v) is 3.57. The van der Waals surface area contributed by atoms with Crippen molar-refractivity contribution in [2.75, 3.05) is 12.4 Å². The lowest BCUT2D eigenvalue weighted by atomic mass is 10.1. The molecule has 0 saturated carbocycles. The fourth-order valence-electron chi connectivity index (χ4n) is 1.58. The van der Waals surface area contributed by atoms with Crippen molar-refractivity contribution in [1.82, 2.24) is 4.98 Å². The maximum atomic E-state index is 13.7. The quantitative estimate of drug-likeness (QED) is 0.827. The molecule has 1 aromatic heterocycles. The van der Waals surface area contributed by atoms with Crippen LogP contribution in [0, 0.1) is 17.1 Å². The highest BCUT2D eigenvalue weighted by molar-refractivity contribution is 6.35. The predicted octanol–water partition coefficient (Wildman–Crippen LogP) is 2.94. The lowest BCUT2D eigenvalue weighted by molar-refractivity contribution is 0.640. The van der Waals surface area contributed by atoms with Crippen molar-refractivity contribution in [3.63, 3.8) is 0 Å². The monoisotopic (exact) mass is 235 g/mol. The molecule has 1 aromatic carbocycles. The second-order valence-electron chi connectivity index (χ2n) is 3.16. The molecule has 0 atom stereocenters. The smallest absolute Gasteiger partial charge is 0.134 e. The molecule has 5 heteroatoms. The van der Waals surface area contributed by atoms with Gasteiger partial charge in [0.2, 0.25) is 0 Å². The van der Waals surface area contributed by atoms with Crippen LogP contribution < -0.4 is 5.32 Å². The van der Waals surface area contributed by atoms with Crippen molar-refractivity contribution >= 4 is 28.2 Å². The summed E-state index contributed by atoms with van der Waals surface area (Å²) in [7, 11) is 1.62. The van der Waals surface area contributed by atoms with Crippen molar-refractivity contribution in [3.8, 4) is 6.07 Å². The average molecular weight is 236 g/mol. The third-order valence-electron chi connectivity index (χ3n) is 2.29. The van der Waals surface area contributed by atoms with E-state index in [1.807, 2.05) is 6.07 Å². The first-order valence-electron chi connectivity index (χ1n) is 4.53. The number of nitriles is 1. The molecule has 0 aliphatic carbocycles. The van der Waals surface area contributed by atoms with Crippen LogP contribution in [0.2, 0.25) is 5.02 Å². The van der Waals surface area contributed by atoms with Crippen LogP contribution in [-0.4, -0.2) is 12.0 Å². The molecule has 16 heavy (non-hydrogen) atoms. The number of nitrogens with one attached hydrogen (secondary N) is 1. The van der Waals surface area contributed by atoms with Crippen LogP contribution in [0.1, 0.15) is 5.56 Å². The van der Waals surface area contributed by atoms with E-state index in [2.05, 4.69) is 10.3 Å². The Kier molecular flexibility index (Phi) is 2.63. The van der Waals surface area contributed by atoms with Crippen LogP contribution in [0.4, 0.5) is 10.1 Å². The minimum absolute atomic E-state index is 0.244. The van der Waals surface area contributed by atoms with Gasteiger partial charge in [-0.15, -0.1) is 0 Å². The van der Waals surface area contributed by atoms with Crippen molar-refractivity contribution < 1.29 is 4.39 Å². The Bertz CT molecular complexity index is 604. The van der Waals surface area contributed by atoms with Crippen molar-refractivity contribution in [2.45, 2.75) is 0 Å². The van der Waals surface area contributed by atoms with Crippen LogP contribution in [-0.2, 0) is 0 Å². The number of benzene rings is 1. The van der Waals surface area contributed by atoms with Gasteiger partial charge in [-0.1, -0.05) is 11.6 Å². The molecule has 0 radical (unpaired) electrons. The summed E-state index contributed by atoms with van der Waals surface area (Å²) in [5.41, 5.74) is 1.05. The molecule has 3 nitrogen and oxygen atoms in total. The van der Waals surface area contributed by atoms with Crippen molar-refractivity contribution in [2.24, 2.45) is 0 Å². The minimum Gasteiger partial charge on any atom is -0.386 e. The number of aromatic nitrogens is 1. The average Bonchev–Trinajstić information content (AvgIpc) is 2.32. The number of hydrogen-bond acceptors (Lipinski definition) is 3. The predicted molar refractivity (Wildman–Crippen MR) is 61.0 cm³/mol. The van der Waals surface area contributed by atoms with Gasteiger partial charge in [-0.2, -0.15) is 5.26 Å². The Morgan fingerprint density at radius 3 is 2.88 bits per heavy atom. The van der Waals surface area contributed by atoms with Crippen LogP contribution in [0.3, 0.4) is 0 Å². The van der Waals surface area contributed by atoms with Crippen LogP contribution in [0.15, 0.2) is 18.3 Å². The Balaban J connectivity index is 2.98. The molecule has 0 fully saturated rings. The summed E-state index contributed by atoms with van der Waals surface area (Å²) in [6, 6.07) is 4.65. The van der Waals surface area contributed by atoms with Crippen LogP contribution in [0.25, 0.3) is 10.9 Å². The molecule has 1 heterocycles. The summed E-state index contributed by atoms with van der Waals surface area (Å²) >= 11 is 5.91. The minimum atomic E-state index is -0.451. The van der Waals surface area contributed by atoms with E-state index in [1.54, 1.807) is 7.05 Å². The SMILES string of the molecule is CNc1c(C#N)cnc2c(Cl)ccc(F)c12. The highest BCUT2D eigenvalue weighted by atomic mass is 35.5. The summed E-state index contributed by atoms with van der Waals surface area (Å²) in [6.07, 6.45) is 1.37. The van der Waals surface area contributed by atoms with E-state index in [9.17, 15) is 4.39 Å². The molecule has 80 valence electrons. The molecule has 0 unspecified atom stereocenters. The van der Waals surface area contributed by atoms with Gasteiger partial charge in [0.1, 0.15) is 11.9 Å². The van der Waals surface area contributed by atoms with E-state index in [0.29, 0.717) is 16.2 Å². The number of nitrogens with zero attached hydrogens (tertiary/aromatic N) is 2. The van der Waals surface area contributed by atoms with E-state index in [0.717, 1.165) is 0 Å². The summed E-state index contributed by atoms with van der Waals surface area (Å²) in [5.74, 6) is -0.451. The summed E-state index contributed by atoms with van der Waals surface area (Å²) in [5, 5.41) is 12.3. The zero-order chi connectivity index (χ0) is 11.7. The lowest BCUT2D eigenvalue weighted by Gasteiger charge is -2.09. The number of anilines is 1. The highest BCUT2D eigenvalue weighted by Gasteiger charge is 2.13. The van der Waals surface area contributed by atoms with E-state index in [1.165, 1.54) is 18.3 Å². The molecule has 2 aromatic rings. The molecule has 0 spiro atoms. The number of rotatable bonds is 1. The molecular weight excluding hydrogens is 229 g/mol. The highest BCUT2D eigenvalue weighted by Crippen LogP contribution is 2.31. The van der Waals surface area contributed by atoms with E-state index < -0.39 is 5.82 Å². The normalized spacial score (nSPS) is 10.1. The molecule has 2 rings (SSSR count). The van der Waals surface area contributed by atoms with Crippen LogP contribution in [0.5, 0.6) is 0 Å². The number of hydrogen-bond donors (Lipinski definition) is 1. The Morgan fingerprint density at radius 1 is 1.50 bits per heavy atom. The van der Waals surface area contributed by atoms with E-state index in [-0.39, 0.29) is 10.9 Å². The Hall–Kier alpha value is -1.86. The zero-order valence-corrected chi connectivity index (χ0v) is 9.14. The van der Waals surface area contributed by atoms with Crippen LogP contribution >= 0.6 is 11.6 Å². The topological polar surface area (TPSA) is 48.7 Å². The number of halogens is 2. The summed E-state index contributed by atoms with van der Waals surface area (Å²) < 4.78 is 13.7. The van der Waals surface area contributed by atoms with Crippen molar-refractivity contribution in [3.05, 3.63) is 34.7 Å². The third kappa shape index (κ3) is 1.46. The van der Waals surface area contributed by atoms with Gasteiger partial charge in [0.15, 0.2) is 0 Å². The third-order valence-corrected chi connectivity index (χ3v) is 2.60. The maximum Gasteiger partial charge on any atom is 0.134 e. The maximum absolute atomic E-state index is 13.7. The fourth-order valence-corrected chi connectivity index (χ4v) is 1.78. The zero-order valence-electron chi connectivity index (χ0n) is 8.38. The van der Waals surface area contributed by atoms with Gasteiger partial charge in [0.05, 0.1) is 27.2 Å². The van der Waals surface area contributed by atoms with Gasteiger partial charge in [-0.05, 0) is 12.1 Å². The first-order chi connectivity index (χ1) is 7.69. The van der Waals surface area contributed by atoms with Gasteiger partial charge in [-0.25, -0.2) is 4.39 Å². The molecule has 1 N–H and O–H groups in total. The second kappa shape index (κ2) is 3.95. The molecular formula is C11H7ClFN3. The van der Waals surface area contributed by atoms with Crippen molar-refractivity contribution in [1.29, 1.82) is 5.26 Å². The van der Waals surface area contributed by atoms with E-state index in [4.69, 9.17) is 16.9 Å². The first-order valence-corrected chi connectivity index (χ1v) is 4.91. The molecule has 0 aliphatic heterocycles.